The second-order valence-corrected chi connectivity index (χ2v) is 19.5. The fraction of sp³-hybridized carbons (Fsp3) is 0.638. The van der Waals surface area contributed by atoms with Crippen molar-refractivity contribution in [3.05, 3.63) is 122 Å². The fourth-order valence-corrected chi connectivity index (χ4v) is 7.27. The predicted molar refractivity (Wildman–Crippen MR) is 286 cm³/mol. The molecule has 0 fully saturated rings. The van der Waals surface area contributed by atoms with Crippen LogP contribution in [0.2, 0.25) is 0 Å². The summed E-state index contributed by atoms with van der Waals surface area (Å²) in [6, 6.07) is 0. The number of phosphoric acid groups is 1. The van der Waals surface area contributed by atoms with Crippen molar-refractivity contribution in [3.63, 3.8) is 0 Å². The largest absolute Gasteiger partial charge is 0.756 e. The Bertz CT molecular complexity index is 1480. The van der Waals surface area contributed by atoms with E-state index in [-0.39, 0.29) is 25.8 Å². The summed E-state index contributed by atoms with van der Waals surface area (Å²) in [4.78, 5) is 25.2. The van der Waals surface area contributed by atoms with Gasteiger partial charge in [-0.05, 0) is 103 Å². The molecule has 0 saturated carbocycles. The third-order valence-corrected chi connectivity index (χ3v) is 11.5. The highest BCUT2D eigenvalue weighted by Gasteiger charge is 2.20. The first kappa shape index (κ1) is 63.9. The number of likely N-dealkylation sites (N-methyl/N-ethyl adjacent to an activating group) is 1. The number of rotatable bonds is 47. The third kappa shape index (κ3) is 53.7. The van der Waals surface area contributed by atoms with Crippen LogP contribution in [0.5, 0.6) is 0 Å². The van der Waals surface area contributed by atoms with Crippen LogP contribution in [0.25, 0.3) is 0 Å². The average molecular weight is 952 g/mol. The molecule has 0 saturated heterocycles. The monoisotopic (exact) mass is 952 g/mol. The van der Waals surface area contributed by atoms with Crippen molar-refractivity contribution in [2.24, 2.45) is 0 Å². The molecule has 0 aromatic carbocycles. The summed E-state index contributed by atoms with van der Waals surface area (Å²) in [5, 5.41) is 0. The summed E-state index contributed by atoms with van der Waals surface area (Å²) in [5.74, 6) is -0.356. The van der Waals surface area contributed by atoms with E-state index >= 15 is 0 Å². The van der Waals surface area contributed by atoms with Gasteiger partial charge in [0.05, 0.1) is 34.4 Å². The minimum absolute atomic E-state index is 0.0110. The van der Waals surface area contributed by atoms with Gasteiger partial charge in [0.1, 0.15) is 19.3 Å². The molecule has 0 N–H and O–H groups in total. The maximum Gasteiger partial charge on any atom is 0.306 e. The smallest absolute Gasteiger partial charge is 0.306 e. The second-order valence-electron chi connectivity index (χ2n) is 18.1. The number of allylic oxidation sites excluding steroid dienone is 20. The molecule has 2 atom stereocenters. The lowest BCUT2D eigenvalue weighted by atomic mass is 10.0. The SMILES string of the molecule is CC/C=C\C/C=C\C/C=C\C/C=C\C/C=C\C/C=C\CCCCCOCC(COP(=O)([O-])OCC[N+](C)(C)C)OC(=O)CCCCCCCCCCCC/C=C\C/C=C\C/C=C\C/C=C\CC. The highest BCUT2D eigenvalue weighted by Crippen LogP contribution is 2.38. The predicted octanol–water partition coefficient (Wildman–Crippen LogP) is 15.9. The minimum Gasteiger partial charge on any atom is -0.756 e. The van der Waals surface area contributed by atoms with Crippen LogP contribution in [0.15, 0.2) is 122 Å². The van der Waals surface area contributed by atoms with E-state index in [0.717, 1.165) is 109 Å². The van der Waals surface area contributed by atoms with Crippen molar-refractivity contribution in [2.45, 2.75) is 187 Å². The molecule has 9 heteroatoms. The lowest BCUT2D eigenvalue weighted by molar-refractivity contribution is -0.870. The highest BCUT2D eigenvalue weighted by atomic mass is 31.2. The van der Waals surface area contributed by atoms with Gasteiger partial charge in [0.15, 0.2) is 0 Å². The standard InChI is InChI=1S/C58H98NO7P/c1-6-8-10-12-14-16-18-20-22-24-26-28-30-31-33-35-37-39-41-43-45-47-49-51-58(60)66-57(56-65-67(61,62)64-54-52-59(3,4)5)55-63-53-50-48-46-44-42-40-38-36-34-32-29-27-25-23-21-19-17-15-13-11-9-7-2/h8-11,14-17,20-23,26-29,34,36,40,42,57H,6-7,12-13,18-19,24-25,30-33,35,37-39,41,43-56H2,1-5H3/b10-8-,11-9-,16-14-,17-15-,22-20-,23-21-,28-26-,29-27-,36-34-,42-40-. The van der Waals surface area contributed by atoms with Crippen molar-refractivity contribution < 1.29 is 37.3 Å². The Balaban J connectivity index is 4.24. The molecule has 2 unspecified atom stereocenters. The zero-order chi connectivity index (χ0) is 49.0. The van der Waals surface area contributed by atoms with Crippen molar-refractivity contribution >= 4 is 13.8 Å². The van der Waals surface area contributed by atoms with E-state index in [2.05, 4.69) is 135 Å². The Morgan fingerprint density at radius 1 is 0.463 bits per heavy atom. The quantitative estimate of drug-likeness (QED) is 0.0197. The van der Waals surface area contributed by atoms with E-state index in [4.69, 9.17) is 18.5 Å². The van der Waals surface area contributed by atoms with Gasteiger partial charge >= 0.3 is 5.97 Å². The summed E-state index contributed by atoms with van der Waals surface area (Å²) in [7, 11) is 1.31. The van der Waals surface area contributed by atoms with Crippen LogP contribution in [0.3, 0.4) is 0 Å². The molecule has 0 aliphatic rings. The van der Waals surface area contributed by atoms with Crippen LogP contribution >= 0.6 is 7.82 Å². The van der Waals surface area contributed by atoms with Crippen molar-refractivity contribution in [3.8, 4) is 0 Å². The zero-order valence-electron chi connectivity index (χ0n) is 43.3. The van der Waals surface area contributed by atoms with E-state index in [0.29, 0.717) is 24.1 Å². The summed E-state index contributed by atoms with van der Waals surface area (Å²) in [6.07, 6.45) is 70.8. The third-order valence-electron chi connectivity index (χ3n) is 10.5. The maximum absolute atomic E-state index is 12.8. The van der Waals surface area contributed by atoms with Crippen LogP contribution in [0.1, 0.15) is 181 Å². The fourth-order valence-electron chi connectivity index (χ4n) is 6.54. The number of hydrogen-bond acceptors (Lipinski definition) is 7. The number of unbranched alkanes of at least 4 members (excludes halogenated alkanes) is 13. The van der Waals surface area contributed by atoms with Gasteiger partial charge in [-0.2, -0.15) is 0 Å². The summed E-state index contributed by atoms with van der Waals surface area (Å²) in [6.45, 7) is 5.07. The van der Waals surface area contributed by atoms with Gasteiger partial charge in [-0.1, -0.05) is 193 Å². The molecule has 0 aliphatic heterocycles. The van der Waals surface area contributed by atoms with Crippen LogP contribution in [-0.4, -0.2) is 70.7 Å². The van der Waals surface area contributed by atoms with E-state index in [1.807, 2.05) is 21.1 Å². The number of hydrogen-bond donors (Lipinski definition) is 0. The summed E-state index contributed by atoms with van der Waals surface area (Å²) >= 11 is 0. The minimum atomic E-state index is -4.55. The lowest BCUT2D eigenvalue weighted by Gasteiger charge is -2.28. The molecule has 0 spiro atoms. The molecule has 0 heterocycles. The van der Waals surface area contributed by atoms with Crippen LogP contribution < -0.4 is 4.89 Å². The molecule has 0 radical (unpaired) electrons. The van der Waals surface area contributed by atoms with Gasteiger partial charge < -0.3 is 27.9 Å². The maximum atomic E-state index is 12.8. The molecule has 67 heavy (non-hydrogen) atoms. The Morgan fingerprint density at radius 3 is 1.22 bits per heavy atom. The molecule has 0 aromatic heterocycles. The molecule has 0 aromatic rings. The Hall–Kier alpha value is -3.10. The van der Waals surface area contributed by atoms with Crippen molar-refractivity contribution in [2.75, 3.05) is 54.1 Å². The van der Waals surface area contributed by atoms with Gasteiger partial charge in [0.25, 0.3) is 7.82 Å². The number of phosphoric ester groups is 1. The number of esters is 1. The van der Waals surface area contributed by atoms with E-state index < -0.39 is 13.9 Å². The Labute approximate surface area is 412 Å². The van der Waals surface area contributed by atoms with Gasteiger partial charge in [0, 0.05) is 13.0 Å². The zero-order valence-corrected chi connectivity index (χ0v) is 44.2. The average Bonchev–Trinajstić information content (AvgIpc) is 3.29. The lowest BCUT2D eigenvalue weighted by Crippen LogP contribution is -2.37. The highest BCUT2D eigenvalue weighted by molar-refractivity contribution is 7.45. The van der Waals surface area contributed by atoms with Crippen LogP contribution in [-0.2, 0) is 27.9 Å². The molecule has 8 nitrogen and oxygen atoms in total. The van der Waals surface area contributed by atoms with Crippen molar-refractivity contribution in [1.29, 1.82) is 0 Å². The van der Waals surface area contributed by atoms with Crippen LogP contribution in [0.4, 0.5) is 0 Å². The first-order valence-electron chi connectivity index (χ1n) is 26.3. The molecule has 0 bridgehead atoms. The number of carbonyl (C=O) groups is 1. The van der Waals surface area contributed by atoms with Crippen LogP contribution in [0, 0.1) is 0 Å². The number of quaternary nitrogens is 1. The number of nitrogens with zero attached hydrogens (tertiary/aromatic N) is 1. The van der Waals surface area contributed by atoms with Gasteiger partial charge in [-0.3, -0.25) is 9.36 Å². The van der Waals surface area contributed by atoms with E-state index in [1.54, 1.807) is 0 Å². The van der Waals surface area contributed by atoms with Gasteiger partial charge in [-0.15, -0.1) is 0 Å². The summed E-state index contributed by atoms with van der Waals surface area (Å²) < 4.78 is 34.7. The molecule has 0 amide bonds. The number of carbonyl (C=O) groups excluding carboxylic acids is 1. The van der Waals surface area contributed by atoms with Crippen molar-refractivity contribution in [1.82, 2.24) is 0 Å². The first-order valence-corrected chi connectivity index (χ1v) is 27.7. The first-order chi connectivity index (χ1) is 32.6. The normalized spacial score (nSPS) is 14.5. The summed E-state index contributed by atoms with van der Waals surface area (Å²) in [5.41, 5.74) is 0. The number of ether oxygens (including phenoxy) is 2. The van der Waals surface area contributed by atoms with E-state index in [1.165, 1.54) is 51.4 Å². The molecule has 0 rings (SSSR count). The molecule has 382 valence electrons. The Kier molecular flexibility index (Phi) is 47.0. The van der Waals surface area contributed by atoms with Gasteiger partial charge in [0.2, 0.25) is 0 Å². The van der Waals surface area contributed by atoms with Gasteiger partial charge in [-0.25, -0.2) is 0 Å². The molecular weight excluding hydrogens is 854 g/mol. The molecule has 0 aliphatic carbocycles. The Morgan fingerprint density at radius 2 is 0.821 bits per heavy atom. The second kappa shape index (κ2) is 49.3. The topological polar surface area (TPSA) is 94.1 Å². The van der Waals surface area contributed by atoms with E-state index in [9.17, 15) is 14.3 Å². The molecular formula is C58H98NO7P.